The highest BCUT2D eigenvalue weighted by Crippen LogP contribution is 2.38. The number of hydrogen-bond acceptors (Lipinski definition) is 2. The Kier molecular flexibility index (Phi) is 6.50. The van der Waals surface area contributed by atoms with Gasteiger partial charge in [-0.1, -0.05) is 19.3 Å². The molecule has 1 saturated carbocycles. The van der Waals surface area contributed by atoms with E-state index in [-0.39, 0.29) is 0 Å². The van der Waals surface area contributed by atoms with E-state index in [4.69, 9.17) is 21.1 Å². The molecule has 1 aliphatic carbocycles. The number of rotatable bonds is 6. The molecular formula is C16H22BrClO2. The van der Waals surface area contributed by atoms with Crippen molar-refractivity contribution in [2.45, 2.75) is 44.9 Å². The first-order valence-corrected chi connectivity index (χ1v) is 8.71. The molecule has 0 aromatic heterocycles. The summed E-state index contributed by atoms with van der Waals surface area (Å²) in [5.41, 5.74) is 1.03. The summed E-state index contributed by atoms with van der Waals surface area (Å²) in [7, 11) is 0. The highest BCUT2D eigenvalue weighted by molar-refractivity contribution is 9.10. The molecule has 0 unspecified atom stereocenters. The van der Waals surface area contributed by atoms with Crippen molar-refractivity contribution in [3.63, 3.8) is 0 Å². The summed E-state index contributed by atoms with van der Waals surface area (Å²) in [6.07, 6.45) is 6.59. The summed E-state index contributed by atoms with van der Waals surface area (Å²) in [5, 5.41) is 0. The van der Waals surface area contributed by atoms with E-state index in [0.29, 0.717) is 18.4 Å². The molecule has 1 aliphatic rings. The van der Waals surface area contributed by atoms with Gasteiger partial charge in [-0.05, 0) is 59.3 Å². The number of ether oxygens (including phenoxy) is 2. The van der Waals surface area contributed by atoms with Gasteiger partial charge in [0.2, 0.25) is 0 Å². The maximum atomic E-state index is 6.04. The van der Waals surface area contributed by atoms with Gasteiger partial charge < -0.3 is 9.47 Å². The van der Waals surface area contributed by atoms with Crippen LogP contribution in [0.15, 0.2) is 16.6 Å². The molecule has 0 spiro atoms. The normalized spacial score (nSPS) is 16.1. The average Bonchev–Trinajstić information content (AvgIpc) is 2.47. The summed E-state index contributed by atoms with van der Waals surface area (Å²) in [6.45, 7) is 3.38. The molecule has 20 heavy (non-hydrogen) atoms. The lowest BCUT2D eigenvalue weighted by Crippen LogP contribution is -2.16. The van der Waals surface area contributed by atoms with Crippen LogP contribution in [-0.2, 0) is 5.88 Å². The van der Waals surface area contributed by atoms with E-state index in [2.05, 4.69) is 15.9 Å². The predicted octanol–water partition coefficient (Wildman–Crippen LogP) is 5.55. The van der Waals surface area contributed by atoms with Crippen molar-refractivity contribution in [1.29, 1.82) is 0 Å². The van der Waals surface area contributed by atoms with Crippen LogP contribution in [0.25, 0.3) is 0 Å². The van der Waals surface area contributed by atoms with Gasteiger partial charge in [0.1, 0.15) is 0 Å². The predicted molar refractivity (Wildman–Crippen MR) is 86.9 cm³/mol. The fourth-order valence-corrected chi connectivity index (χ4v) is 3.41. The Morgan fingerprint density at radius 1 is 1.20 bits per heavy atom. The summed E-state index contributed by atoms with van der Waals surface area (Å²) in [4.78, 5) is 0. The van der Waals surface area contributed by atoms with Crippen LogP contribution in [0.4, 0.5) is 0 Å². The van der Waals surface area contributed by atoms with Crippen molar-refractivity contribution in [1.82, 2.24) is 0 Å². The minimum absolute atomic E-state index is 0.474. The molecule has 2 rings (SSSR count). The number of alkyl halides is 1. The second-order valence-electron chi connectivity index (χ2n) is 5.29. The van der Waals surface area contributed by atoms with Gasteiger partial charge >= 0.3 is 0 Å². The van der Waals surface area contributed by atoms with E-state index < -0.39 is 0 Å². The largest absolute Gasteiger partial charge is 0.490 e. The molecule has 1 aromatic carbocycles. The van der Waals surface area contributed by atoms with Crippen LogP contribution in [0.2, 0.25) is 0 Å². The van der Waals surface area contributed by atoms with E-state index in [1.54, 1.807) is 0 Å². The standard InChI is InChI=1S/C16H22BrClO2/c1-2-19-15-9-13(10-18)8-14(17)16(15)20-11-12-6-4-3-5-7-12/h8-9,12H,2-7,10-11H2,1H3. The van der Waals surface area contributed by atoms with Crippen LogP contribution in [0.5, 0.6) is 11.5 Å². The quantitative estimate of drug-likeness (QED) is 0.619. The third-order valence-corrected chi connectivity index (χ3v) is 4.61. The zero-order valence-electron chi connectivity index (χ0n) is 12.0. The second kappa shape index (κ2) is 8.14. The fourth-order valence-electron chi connectivity index (χ4n) is 2.66. The second-order valence-corrected chi connectivity index (χ2v) is 6.41. The maximum Gasteiger partial charge on any atom is 0.175 e. The van der Waals surface area contributed by atoms with Crippen LogP contribution in [-0.4, -0.2) is 13.2 Å². The van der Waals surface area contributed by atoms with E-state index >= 15 is 0 Å². The molecule has 0 N–H and O–H groups in total. The Bertz CT molecular complexity index is 431. The molecule has 1 aromatic rings. The molecule has 0 radical (unpaired) electrons. The summed E-state index contributed by atoms with van der Waals surface area (Å²) in [5.74, 6) is 2.75. The van der Waals surface area contributed by atoms with Crippen molar-refractivity contribution in [3.05, 3.63) is 22.2 Å². The highest BCUT2D eigenvalue weighted by atomic mass is 79.9. The SMILES string of the molecule is CCOc1cc(CCl)cc(Br)c1OCC1CCCCC1. The summed E-state index contributed by atoms with van der Waals surface area (Å²) < 4.78 is 12.7. The van der Waals surface area contributed by atoms with Crippen molar-refractivity contribution >= 4 is 27.5 Å². The Morgan fingerprint density at radius 2 is 1.95 bits per heavy atom. The monoisotopic (exact) mass is 360 g/mol. The average molecular weight is 362 g/mol. The third-order valence-electron chi connectivity index (χ3n) is 3.71. The van der Waals surface area contributed by atoms with E-state index in [1.165, 1.54) is 32.1 Å². The molecule has 0 bridgehead atoms. The maximum absolute atomic E-state index is 6.04. The van der Waals surface area contributed by atoms with E-state index in [0.717, 1.165) is 28.1 Å². The van der Waals surface area contributed by atoms with Crippen molar-refractivity contribution in [2.75, 3.05) is 13.2 Å². The number of halogens is 2. The van der Waals surface area contributed by atoms with E-state index in [1.807, 2.05) is 19.1 Å². The fraction of sp³-hybridized carbons (Fsp3) is 0.625. The summed E-state index contributed by atoms with van der Waals surface area (Å²) in [6, 6.07) is 3.98. The molecule has 0 atom stereocenters. The lowest BCUT2D eigenvalue weighted by Gasteiger charge is -2.23. The van der Waals surface area contributed by atoms with Crippen molar-refractivity contribution < 1.29 is 9.47 Å². The topological polar surface area (TPSA) is 18.5 Å². The van der Waals surface area contributed by atoms with Gasteiger partial charge in [0.15, 0.2) is 11.5 Å². The molecule has 0 saturated heterocycles. The Hall–Kier alpha value is -0.410. The van der Waals surface area contributed by atoms with Crippen LogP contribution in [0.3, 0.4) is 0 Å². The van der Waals surface area contributed by atoms with Gasteiger partial charge in [0.05, 0.1) is 17.7 Å². The zero-order valence-corrected chi connectivity index (χ0v) is 14.3. The first kappa shape index (κ1) is 16.0. The van der Waals surface area contributed by atoms with Gasteiger partial charge in [-0.25, -0.2) is 0 Å². The van der Waals surface area contributed by atoms with Crippen LogP contribution in [0, 0.1) is 5.92 Å². The minimum Gasteiger partial charge on any atom is -0.490 e. The van der Waals surface area contributed by atoms with Crippen LogP contribution < -0.4 is 9.47 Å². The highest BCUT2D eigenvalue weighted by Gasteiger charge is 2.17. The van der Waals surface area contributed by atoms with Crippen molar-refractivity contribution in [3.8, 4) is 11.5 Å². The zero-order chi connectivity index (χ0) is 14.4. The molecule has 112 valence electrons. The molecular weight excluding hydrogens is 340 g/mol. The van der Waals surface area contributed by atoms with Gasteiger partial charge in [-0.2, -0.15) is 0 Å². The molecule has 1 fully saturated rings. The lowest BCUT2D eigenvalue weighted by atomic mass is 9.90. The van der Waals surface area contributed by atoms with Gasteiger partial charge in [0.25, 0.3) is 0 Å². The number of hydrogen-bond donors (Lipinski definition) is 0. The molecule has 0 amide bonds. The van der Waals surface area contributed by atoms with E-state index in [9.17, 15) is 0 Å². The minimum atomic E-state index is 0.474. The summed E-state index contributed by atoms with van der Waals surface area (Å²) >= 11 is 9.48. The first-order chi connectivity index (χ1) is 9.74. The van der Waals surface area contributed by atoms with Crippen LogP contribution in [0.1, 0.15) is 44.6 Å². The third kappa shape index (κ3) is 4.29. The molecule has 0 aliphatic heterocycles. The Balaban J connectivity index is 2.08. The molecule has 2 nitrogen and oxygen atoms in total. The number of benzene rings is 1. The van der Waals surface area contributed by atoms with Crippen LogP contribution >= 0.6 is 27.5 Å². The first-order valence-electron chi connectivity index (χ1n) is 7.38. The molecule has 4 heteroatoms. The van der Waals surface area contributed by atoms with Gasteiger partial charge in [-0.3, -0.25) is 0 Å². The van der Waals surface area contributed by atoms with Gasteiger partial charge in [-0.15, -0.1) is 11.6 Å². The molecule has 0 heterocycles. The Morgan fingerprint density at radius 3 is 2.60 bits per heavy atom. The van der Waals surface area contributed by atoms with Gasteiger partial charge in [0, 0.05) is 5.88 Å². The van der Waals surface area contributed by atoms with Crippen molar-refractivity contribution in [2.24, 2.45) is 5.92 Å². The smallest absolute Gasteiger partial charge is 0.175 e. The lowest BCUT2D eigenvalue weighted by molar-refractivity contribution is 0.198. The Labute approximate surface area is 134 Å².